The van der Waals surface area contributed by atoms with E-state index in [9.17, 15) is 4.79 Å². The molecule has 0 fully saturated rings. The van der Waals surface area contributed by atoms with Gasteiger partial charge in [0, 0.05) is 13.1 Å². The summed E-state index contributed by atoms with van der Waals surface area (Å²) >= 11 is 0. The molecule has 1 heterocycles. The summed E-state index contributed by atoms with van der Waals surface area (Å²) in [6.07, 6.45) is 3.50. The van der Waals surface area contributed by atoms with Gasteiger partial charge in [-0.05, 0) is 37.2 Å². The highest BCUT2D eigenvalue weighted by Gasteiger charge is 2.06. The largest absolute Gasteiger partial charge is 0.497 e. The van der Waals surface area contributed by atoms with Gasteiger partial charge >= 0.3 is 0 Å². The molecule has 1 amide bonds. The summed E-state index contributed by atoms with van der Waals surface area (Å²) in [4.78, 5) is 11.7. The average molecular weight is 327 g/mol. The molecular weight excluding hydrogens is 304 g/mol. The van der Waals surface area contributed by atoms with E-state index in [1.165, 1.54) is 5.57 Å². The SMILES string of the molecule is COc1ccc(OCCC(=O)NCC2=CCNCC2)cc1.Cl. The summed E-state index contributed by atoms with van der Waals surface area (Å²) in [5.41, 5.74) is 1.29. The first kappa shape index (κ1) is 18.3. The summed E-state index contributed by atoms with van der Waals surface area (Å²) in [6, 6.07) is 7.32. The van der Waals surface area contributed by atoms with Crippen LogP contribution in [-0.2, 0) is 4.79 Å². The molecule has 22 heavy (non-hydrogen) atoms. The van der Waals surface area contributed by atoms with Crippen molar-refractivity contribution in [2.75, 3.05) is 33.4 Å². The van der Waals surface area contributed by atoms with Gasteiger partial charge in [0.05, 0.1) is 20.1 Å². The molecule has 0 atom stereocenters. The van der Waals surface area contributed by atoms with E-state index in [1.807, 2.05) is 24.3 Å². The van der Waals surface area contributed by atoms with Crippen molar-refractivity contribution in [3.8, 4) is 11.5 Å². The molecule has 0 spiro atoms. The van der Waals surface area contributed by atoms with Gasteiger partial charge in [0.15, 0.2) is 0 Å². The highest BCUT2D eigenvalue weighted by Crippen LogP contribution is 2.16. The molecule has 0 saturated carbocycles. The van der Waals surface area contributed by atoms with E-state index in [2.05, 4.69) is 16.7 Å². The zero-order valence-corrected chi connectivity index (χ0v) is 13.6. The topological polar surface area (TPSA) is 59.6 Å². The Bertz CT molecular complexity index is 489. The van der Waals surface area contributed by atoms with Gasteiger partial charge in [-0.15, -0.1) is 12.4 Å². The van der Waals surface area contributed by atoms with Crippen molar-refractivity contribution < 1.29 is 14.3 Å². The Morgan fingerprint density at radius 2 is 2.00 bits per heavy atom. The predicted molar refractivity (Wildman–Crippen MR) is 88.9 cm³/mol. The number of hydrogen-bond acceptors (Lipinski definition) is 4. The molecule has 0 radical (unpaired) electrons. The van der Waals surface area contributed by atoms with Crippen LogP contribution >= 0.6 is 12.4 Å². The lowest BCUT2D eigenvalue weighted by Crippen LogP contribution is -2.30. The number of halogens is 1. The van der Waals surface area contributed by atoms with Gasteiger partial charge in [0.1, 0.15) is 11.5 Å². The first-order valence-electron chi connectivity index (χ1n) is 7.20. The molecule has 0 bridgehead atoms. The number of benzene rings is 1. The van der Waals surface area contributed by atoms with E-state index in [-0.39, 0.29) is 18.3 Å². The minimum atomic E-state index is 0. The summed E-state index contributed by atoms with van der Waals surface area (Å²) in [6.45, 7) is 2.90. The Morgan fingerprint density at radius 1 is 1.27 bits per heavy atom. The maximum absolute atomic E-state index is 11.7. The minimum Gasteiger partial charge on any atom is -0.497 e. The molecule has 0 aliphatic carbocycles. The standard InChI is InChI=1S/C16H22N2O3.ClH/c1-20-14-2-4-15(5-3-14)21-11-8-16(19)18-12-13-6-9-17-10-7-13;/h2-6,17H,7-12H2,1H3,(H,18,19);1H. The Hall–Kier alpha value is -1.72. The molecule has 6 heteroatoms. The molecule has 2 N–H and O–H groups in total. The lowest BCUT2D eigenvalue weighted by atomic mass is 10.1. The number of carbonyl (C=O) groups is 1. The van der Waals surface area contributed by atoms with Gasteiger partial charge < -0.3 is 20.1 Å². The normalized spacial score (nSPS) is 13.6. The Morgan fingerprint density at radius 3 is 2.64 bits per heavy atom. The van der Waals surface area contributed by atoms with Crippen molar-refractivity contribution in [3.63, 3.8) is 0 Å². The van der Waals surface area contributed by atoms with E-state index in [0.29, 0.717) is 19.6 Å². The number of rotatable bonds is 7. The molecule has 0 aromatic heterocycles. The molecule has 2 rings (SSSR count). The van der Waals surface area contributed by atoms with Crippen molar-refractivity contribution in [2.24, 2.45) is 0 Å². The zero-order valence-electron chi connectivity index (χ0n) is 12.8. The maximum Gasteiger partial charge on any atom is 0.223 e. The van der Waals surface area contributed by atoms with Crippen LogP contribution in [-0.4, -0.2) is 39.3 Å². The first-order chi connectivity index (χ1) is 10.3. The van der Waals surface area contributed by atoms with Crippen molar-refractivity contribution in [1.29, 1.82) is 0 Å². The fraction of sp³-hybridized carbons (Fsp3) is 0.438. The smallest absolute Gasteiger partial charge is 0.223 e. The lowest BCUT2D eigenvalue weighted by Gasteiger charge is -2.14. The second kappa shape index (κ2) is 10.1. The van der Waals surface area contributed by atoms with Gasteiger partial charge in [-0.3, -0.25) is 4.79 Å². The van der Waals surface area contributed by atoms with Crippen molar-refractivity contribution in [1.82, 2.24) is 10.6 Å². The number of carbonyl (C=O) groups excluding carboxylic acids is 1. The van der Waals surface area contributed by atoms with E-state index in [4.69, 9.17) is 9.47 Å². The predicted octanol–water partition coefficient (Wildman–Crippen LogP) is 1.92. The van der Waals surface area contributed by atoms with Crippen molar-refractivity contribution >= 4 is 18.3 Å². The number of ether oxygens (including phenoxy) is 2. The van der Waals surface area contributed by atoms with E-state index < -0.39 is 0 Å². The van der Waals surface area contributed by atoms with Crippen LogP contribution in [0.1, 0.15) is 12.8 Å². The van der Waals surface area contributed by atoms with Gasteiger partial charge in [-0.25, -0.2) is 0 Å². The number of amides is 1. The summed E-state index contributed by atoms with van der Waals surface area (Å²) in [5, 5.41) is 6.17. The summed E-state index contributed by atoms with van der Waals surface area (Å²) in [5.74, 6) is 1.54. The van der Waals surface area contributed by atoms with Crippen LogP contribution in [0.3, 0.4) is 0 Å². The zero-order chi connectivity index (χ0) is 14.9. The second-order valence-corrected chi connectivity index (χ2v) is 4.87. The molecule has 0 saturated heterocycles. The Kier molecular flexibility index (Phi) is 8.40. The van der Waals surface area contributed by atoms with Crippen LogP contribution in [0, 0.1) is 0 Å². The van der Waals surface area contributed by atoms with Gasteiger partial charge in [0.25, 0.3) is 0 Å². The molecular formula is C16H23ClN2O3. The van der Waals surface area contributed by atoms with Crippen LogP contribution in [0.15, 0.2) is 35.9 Å². The monoisotopic (exact) mass is 326 g/mol. The minimum absolute atomic E-state index is 0. The maximum atomic E-state index is 11.7. The Labute approximate surface area is 137 Å². The molecule has 1 aliphatic rings. The van der Waals surface area contributed by atoms with Crippen LogP contribution < -0.4 is 20.1 Å². The van der Waals surface area contributed by atoms with Gasteiger partial charge in [0.2, 0.25) is 5.91 Å². The van der Waals surface area contributed by atoms with Crippen LogP contribution in [0.5, 0.6) is 11.5 Å². The van der Waals surface area contributed by atoms with E-state index >= 15 is 0 Å². The quantitative estimate of drug-likeness (QED) is 0.752. The highest BCUT2D eigenvalue weighted by atomic mass is 35.5. The molecule has 1 aromatic carbocycles. The third kappa shape index (κ3) is 6.37. The number of nitrogens with one attached hydrogen (secondary N) is 2. The van der Waals surface area contributed by atoms with Gasteiger partial charge in [-0.2, -0.15) is 0 Å². The van der Waals surface area contributed by atoms with Gasteiger partial charge in [-0.1, -0.05) is 11.6 Å². The van der Waals surface area contributed by atoms with Crippen LogP contribution in [0.4, 0.5) is 0 Å². The summed E-state index contributed by atoms with van der Waals surface area (Å²) < 4.78 is 10.6. The molecule has 5 nitrogen and oxygen atoms in total. The first-order valence-corrected chi connectivity index (χ1v) is 7.20. The number of methoxy groups -OCH3 is 1. The van der Waals surface area contributed by atoms with E-state index in [1.54, 1.807) is 7.11 Å². The van der Waals surface area contributed by atoms with Crippen LogP contribution in [0.25, 0.3) is 0 Å². The Balaban J connectivity index is 0.00000242. The van der Waals surface area contributed by atoms with Crippen molar-refractivity contribution in [3.05, 3.63) is 35.9 Å². The van der Waals surface area contributed by atoms with Crippen molar-refractivity contribution in [2.45, 2.75) is 12.8 Å². The third-order valence-corrected chi connectivity index (χ3v) is 3.33. The van der Waals surface area contributed by atoms with Crippen LogP contribution in [0.2, 0.25) is 0 Å². The fourth-order valence-corrected chi connectivity index (χ4v) is 2.06. The third-order valence-electron chi connectivity index (χ3n) is 3.33. The molecule has 0 unspecified atom stereocenters. The van der Waals surface area contributed by atoms with E-state index in [0.717, 1.165) is 31.0 Å². The molecule has 1 aliphatic heterocycles. The second-order valence-electron chi connectivity index (χ2n) is 4.87. The summed E-state index contributed by atoms with van der Waals surface area (Å²) in [7, 11) is 1.62. The number of hydrogen-bond donors (Lipinski definition) is 2. The fourth-order valence-electron chi connectivity index (χ4n) is 2.06. The average Bonchev–Trinajstić information content (AvgIpc) is 2.54. The highest BCUT2D eigenvalue weighted by molar-refractivity contribution is 5.85. The lowest BCUT2D eigenvalue weighted by molar-refractivity contribution is -0.121. The molecule has 122 valence electrons. The molecule has 1 aromatic rings.